The van der Waals surface area contributed by atoms with Crippen molar-refractivity contribution in [1.29, 1.82) is 0 Å². The zero-order chi connectivity index (χ0) is 18.6. The Kier molecular flexibility index (Phi) is 8.40. The van der Waals surface area contributed by atoms with Gasteiger partial charge in [0.1, 0.15) is 11.4 Å². The molecule has 0 fully saturated rings. The molecule has 0 aromatic heterocycles. The van der Waals surface area contributed by atoms with Crippen LogP contribution in [0.1, 0.15) is 61.4 Å². The molecule has 0 spiro atoms. The average Bonchev–Trinajstić information content (AvgIpc) is 2.67. The highest BCUT2D eigenvalue weighted by molar-refractivity contribution is 5.91. The molecule has 0 saturated carbocycles. The van der Waals surface area contributed by atoms with Crippen LogP contribution in [0, 0.1) is 0 Å². The fourth-order valence-electron chi connectivity index (χ4n) is 2.55. The van der Waals surface area contributed by atoms with Crippen molar-refractivity contribution < 1.29 is 14.6 Å². The van der Waals surface area contributed by atoms with Crippen molar-refractivity contribution in [2.75, 3.05) is 6.61 Å². The second kappa shape index (κ2) is 11.1. The molecule has 26 heavy (non-hydrogen) atoms. The summed E-state index contributed by atoms with van der Waals surface area (Å²) in [5.41, 5.74) is 1.89. The molecule has 2 rings (SSSR count). The van der Waals surface area contributed by atoms with E-state index in [1.807, 2.05) is 18.2 Å². The first kappa shape index (κ1) is 19.7. The van der Waals surface area contributed by atoms with Gasteiger partial charge < -0.3 is 9.84 Å². The summed E-state index contributed by atoms with van der Waals surface area (Å²) in [6.45, 7) is 2.67. The third kappa shape index (κ3) is 6.71. The highest BCUT2D eigenvalue weighted by atomic mass is 16.5. The topological polar surface area (TPSA) is 58.9 Å². The summed E-state index contributed by atoms with van der Waals surface area (Å²) >= 11 is 0. The van der Waals surface area contributed by atoms with E-state index < -0.39 is 0 Å². The Labute approximate surface area is 155 Å². The van der Waals surface area contributed by atoms with Crippen molar-refractivity contribution in [2.24, 2.45) is 4.99 Å². The van der Waals surface area contributed by atoms with Gasteiger partial charge in [0, 0.05) is 6.21 Å². The number of carbonyl (C=O) groups is 1. The molecular formula is C22H27NO3. The number of aliphatic imine (C=N–C) groups is 1. The van der Waals surface area contributed by atoms with E-state index in [-0.39, 0.29) is 11.7 Å². The maximum Gasteiger partial charge on any atom is 0.338 e. The minimum absolute atomic E-state index is 0.138. The van der Waals surface area contributed by atoms with E-state index in [0.717, 1.165) is 18.4 Å². The number of hydrogen-bond acceptors (Lipinski definition) is 4. The van der Waals surface area contributed by atoms with Gasteiger partial charge in [-0.1, -0.05) is 63.3 Å². The highest BCUT2D eigenvalue weighted by Crippen LogP contribution is 2.24. The normalized spacial score (nSPS) is 11.0. The lowest BCUT2D eigenvalue weighted by molar-refractivity contribution is 0.0497. The van der Waals surface area contributed by atoms with Gasteiger partial charge in [-0.25, -0.2) is 4.79 Å². The number of benzene rings is 2. The number of nitrogens with zero attached hydrogens (tertiary/aromatic N) is 1. The first-order valence-electron chi connectivity index (χ1n) is 9.30. The number of hydrogen-bond donors (Lipinski definition) is 1. The number of phenolic OH excluding ortho intramolecular Hbond substituents is 1. The standard InChI is InChI=1S/C22H27NO3/c1-2-3-4-5-6-9-16-26-22(25)19-14-12-18(13-15-19)17-23-20-10-7-8-11-21(20)24/h7-8,10-15,17,24H,2-6,9,16H2,1H3. The summed E-state index contributed by atoms with van der Waals surface area (Å²) < 4.78 is 5.31. The molecule has 2 aromatic rings. The van der Waals surface area contributed by atoms with Gasteiger partial charge in [-0.2, -0.15) is 0 Å². The number of unbranched alkanes of at least 4 members (excludes halogenated alkanes) is 5. The SMILES string of the molecule is CCCCCCCCOC(=O)c1ccc(C=Nc2ccccc2O)cc1. The predicted octanol–water partition coefficient (Wildman–Crippen LogP) is 5.66. The monoisotopic (exact) mass is 353 g/mol. The Bertz CT molecular complexity index is 708. The van der Waals surface area contributed by atoms with Crippen LogP contribution in [0.2, 0.25) is 0 Å². The van der Waals surface area contributed by atoms with Crippen molar-refractivity contribution in [3.8, 4) is 5.75 Å². The Morgan fingerprint density at radius 3 is 2.42 bits per heavy atom. The van der Waals surface area contributed by atoms with Crippen molar-refractivity contribution in [1.82, 2.24) is 0 Å². The number of carbonyl (C=O) groups excluding carboxylic acids is 1. The summed E-state index contributed by atoms with van der Waals surface area (Å²) in [7, 11) is 0. The second-order valence-corrected chi connectivity index (χ2v) is 6.27. The molecule has 0 aliphatic rings. The minimum Gasteiger partial charge on any atom is -0.506 e. The van der Waals surface area contributed by atoms with Crippen molar-refractivity contribution in [2.45, 2.75) is 45.4 Å². The van der Waals surface area contributed by atoms with Crippen LogP contribution in [-0.2, 0) is 4.74 Å². The smallest absolute Gasteiger partial charge is 0.338 e. The fourth-order valence-corrected chi connectivity index (χ4v) is 2.55. The zero-order valence-electron chi connectivity index (χ0n) is 15.4. The molecule has 0 aliphatic carbocycles. The van der Waals surface area contributed by atoms with Crippen molar-refractivity contribution in [3.05, 3.63) is 59.7 Å². The van der Waals surface area contributed by atoms with Crippen LogP contribution < -0.4 is 0 Å². The predicted molar refractivity (Wildman–Crippen MR) is 105 cm³/mol. The number of ether oxygens (including phenoxy) is 1. The Morgan fingerprint density at radius 1 is 1.00 bits per heavy atom. The molecule has 0 unspecified atom stereocenters. The van der Waals surface area contributed by atoms with Gasteiger partial charge in [-0.3, -0.25) is 4.99 Å². The number of phenols is 1. The van der Waals surface area contributed by atoms with E-state index in [9.17, 15) is 9.90 Å². The third-order valence-corrected chi connectivity index (χ3v) is 4.11. The van der Waals surface area contributed by atoms with E-state index in [0.29, 0.717) is 17.9 Å². The van der Waals surface area contributed by atoms with E-state index >= 15 is 0 Å². The number of aromatic hydroxyl groups is 1. The van der Waals surface area contributed by atoms with Crippen LogP contribution in [0.5, 0.6) is 5.75 Å². The number of para-hydroxylation sites is 2. The molecule has 0 atom stereocenters. The van der Waals surface area contributed by atoms with Crippen LogP contribution in [0.25, 0.3) is 0 Å². The van der Waals surface area contributed by atoms with Gasteiger partial charge in [-0.05, 0) is 36.2 Å². The van der Waals surface area contributed by atoms with Gasteiger partial charge >= 0.3 is 5.97 Å². The molecule has 0 heterocycles. The van der Waals surface area contributed by atoms with Crippen LogP contribution in [0.4, 0.5) is 5.69 Å². The number of esters is 1. The lowest BCUT2D eigenvalue weighted by Gasteiger charge is -2.05. The highest BCUT2D eigenvalue weighted by Gasteiger charge is 2.06. The molecule has 4 nitrogen and oxygen atoms in total. The molecule has 0 saturated heterocycles. The summed E-state index contributed by atoms with van der Waals surface area (Å²) in [5, 5.41) is 9.69. The fraction of sp³-hybridized carbons (Fsp3) is 0.364. The first-order chi connectivity index (χ1) is 12.7. The lowest BCUT2D eigenvalue weighted by Crippen LogP contribution is -2.06. The van der Waals surface area contributed by atoms with Crippen LogP contribution in [-0.4, -0.2) is 23.9 Å². The van der Waals surface area contributed by atoms with Crippen LogP contribution in [0.15, 0.2) is 53.5 Å². The van der Waals surface area contributed by atoms with Crippen molar-refractivity contribution in [3.63, 3.8) is 0 Å². The average molecular weight is 353 g/mol. The maximum absolute atomic E-state index is 12.0. The third-order valence-electron chi connectivity index (χ3n) is 4.11. The molecule has 0 amide bonds. The Morgan fingerprint density at radius 2 is 1.69 bits per heavy atom. The summed E-state index contributed by atoms with van der Waals surface area (Å²) in [5.74, 6) is -0.151. The zero-order valence-corrected chi connectivity index (χ0v) is 15.4. The quantitative estimate of drug-likeness (QED) is 0.340. The molecule has 2 aromatic carbocycles. The van der Waals surface area contributed by atoms with Gasteiger partial charge in [0.05, 0.1) is 12.2 Å². The molecule has 1 N–H and O–H groups in total. The van der Waals surface area contributed by atoms with Crippen LogP contribution in [0.3, 0.4) is 0 Å². The lowest BCUT2D eigenvalue weighted by atomic mass is 10.1. The van der Waals surface area contributed by atoms with Gasteiger partial charge in [0.15, 0.2) is 0 Å². The molecule has 4 heteroatoms. The van der Waals surface area contributed by atoms with E-state index in [1.165, 1.54) is 25.7 Å². The summed E-state index contributed by atoms with van der Waals surface area (Å²) in [6.07, 6.45) is 8.66. The van der Waals surface area contributed by atoms with E-state index in [2.05, 4.69) is 11.9 Å². The summed E-state index contributed by atoms with van der Waals surface area (Å²) in [4.78, 5) is 16.3. The summed E-state index contributed by atoms with van der Waals surface area (Å²) in [6, 6.07) is 14.0. The molecule has 0 radical (unpaired) electrons. The number of rotatable bonds is 10. The van der Waals surface area contributed by atoms with Crippen molar-refractivity contribution >= 4 is 17.9 Å². The molecule has 0 aliphatic heterocycles. The maximum atomic E-state index is 12.0. The Hall–Kier alpha value is -2.62. The second-order valence-electron chi connectivity index (χ2n) is 6.27. The van der Waals surface area contributed by atoms with Crippen LogP contribution >= 0.6 is 0 Å². The van der Waals surface area contributed by atoms with Gasteiger partial charge in [0.2, 0.25) is 0 Å². The molecule has 138 valence electrons. The first-order valence-corrected chi connectivity index (χ1v) is 9.30. The largest absolute Gasteiger partial charge is 0.506 e. The Balaban J connectivity index is 1.77. The molecule has 0 bridgehead atoms. The van der Waals surface area contributed by atoms with E-state index in [1.54, 1.807) is 36.5 Å². The van der Waals surface area contributed by atoms with Gasteiger partial charge in [0.25, 0.3) is 0 Å². The van der Waals surface area contributed by atoms with Gasteiger partial charge in [-0.15, -0.1) is 0 Å². The molecular weight excluding hydrogens is 326 g/mol. The minimum atomic E-state index is -0.289. The van der Waals surface area contributed by atoms with E-state index in [4.69, 9.17) is 4.74 Å².